The van der Waals surface area contributed by atoms with Crippen molar-refractivity contribution in [3.05, 3.63) is 57.5 Å². The number of carbonyl (C=O) groups excluding carboxylic acids is 2. The first-order valence-corrected chi connectivity index (χ1v) is 12.2. The Hall–Kier alpha value is -3.49. The van der Waals surface area contributed by atoms with Crippen LogP contribution in [-0.4, -0.2) is 70.1 Å². The third-order valence-corrected chi connectivity index (χ3v) is 7.16. The van der Waals surface area contributed by atoms with Gasteiger partial charge in [0.15, 0.2) is 11.3 Å². The molecule has 9 heteroatoms. The highest BCUT2D eigenvalue weighted by molar-refractivity contribution is 6.10. The van der Waals surface area contributed by atoms with Crippen LogP contribution in [0.3, 0.4) is 0 Å². The molecule has 0 atom stereocenters. The van der Waals surface area contributed by atoms with Crippen molar-refractivity contribution < 1.29 is 14.0 Å². The first-order valence-electron chi connectivity index (χ1n) is 12.2. The summed E-state index contributed by atoms with van der Waals surface area (Å²) in [4.78, 5) is 45.1. The Kier molecular flexibility index (Phi) is 6.17. The van der Waals surface area contributed by atoms with Gasteiger partial charge in [0, 0.05) is 39.2 Å². The maximum absolute atomic E-state index is 13.3. The third-order valence-electron chi connectivity index (χ3n) is 7.16. The van der Waals surface area contributed by atoms with E-state index >= 15 is 0 Å². The van der Waals surface area contributed by atoms with Crippen LogP contribution in [0, 0.1) is 11.8 Å². The summed E-state index contributed by atoms with van der Waals surface area (Å²) in [5.41, 5.74) is 2.28. The quantitative estimate of drug-likeness (QED) is 0.588. The number of rotatable bonds is 6. The van der Waals surface area contributed by atoms with Crippen LogP contribution in [0.1, 0.15) is 52.1 Å². The molecule has 1 aromatic carbocycles. The molecule has 8 nitrogen and oxygen atoms in total. The minimum absolute atomic E-state index is 0.0396. The van der Waals surface area contributed by atoms with Crippen molar-refractivity contribution in [2.45, 2.75) is 32.1 Å². The van der Waals surface area contributed by atoms with Gasteiger partial charge < -0.3 is 14.8 Å². The van der Waals surface area contributed by atoms with E-state index in [1.54, 1.807) is 14.1 Å². The van der Waals surface area contributed by atoms with Crippen LogP contribution in [0.4, 0.5) is 4.39 Å². The molecule has 2 aliphatic rings. The summed E-state index contributed by atoms with van der Waals surface area (Å²) in [6.07, 6.45) is 6.23. The van der Waals surface area contributed by atoms with E-state index in [9.17, 15) is 18.8 Å². The molecule has 3 aromatic rings. The highest BCUT2D eigenvalue weighted by Crippen LogP contribution is 2.29. The zero-order valence-electron chi connectivity index (χ0n) is 20.1. The molecule has 3 heterocycles. The van der Waals surface area contributed by atoms with E-state index in [-0.39, 0.29) is 35.9 Å². The van der Waals surface area contributed by atoms with Gasteiger partial charge in [-0.2, -0.15) is 9.61 Å². The maximum atomic E-state index is 13.3. The lowest BCUT2D eigenvalue weighted by Gasteiger charge is -2.37. The van der Waals surface area contributed by atoms with Gasteiger partial charge in [0.2, 0.25) is 0 Å². The molecular formula is C26H30FN5O3. The zero-order chi connectivity index (χ0) is 24.7. The van der Waals surface area contributed by atoms with E-state index < -0.39 is 24.0 Å². The first kappa shape index (κ1) is 23.3. The standard InChI is InChI=1S/C26H30FN5O3/c1-30(2)26(35)23-22(25(34)31-14-18(13-27)15-31)24-28-20(12-21(33)32(24)29-23)19-9-7-17(8-10-19)11-16-5-3-4-6-16/h7-10,12,16,18,28H,3-6,11,13-15H2,1-2H3. The van der Waals surface area contributed by atoms with E-state index in [1.165, 1.54) is 47.1 Å². The van der Waals surface area contributed by atoms with Gasteiger partial charge in [-0.25, -0.2) is 0 Å². The van der Waals surface area contributed by atoms with E-state index in [0.29, 0.717) is 5.69 Å². The van der Waals surface area contributed by atoms with Crippen LogP contribution < -0.4 is 5.56 Å². The first-order chi connectivity index (χ1) is 16.9. The summed E-state index contributed by atoms with van der Waals surface area (Å²) >= 11 is 0. The fraction of sp³-hybridized carbons (Fsp3) is 0.462. The number of benzene rings is 1. The topological polar surface area (TPSA) is 90.8 Å². The second kappa shape index (κ2) is 9.28. The second-order valence-corrected chi connectivity index (χ2v) is 9.99. The molecule has 1 aliphatic carbocycles. The Balaban J connectivity index is 1.54. The van der Waals surface area contributed by atoms with Crippen molar-refractivity contribution >= 4 is 17.5 Å². The van der Waals surface area contributed by atoms with Gasteiger partial charge in [0.1, 0.15) is 5.56 Å². The Morgan fingerprint density at radius 3 is 2.43 bits per heavy atom. The number of fused-ring (bicyclic) bond motifs is 1. The van der Waals surface area contributed by atoms with Crippen LogP contribution in [-0.2, 0) is 6.42 Å². The van der Waals surface area contributed by atoms with Gasteiger partial charge in [0.05, 0.1) is 12.4 Å². The number of carbonyl (C=O) groups is 2. The monoisotopic (exact) mass is 479 g/mol. The molecule has 5 rings (SSSR count). The van der Waals surface area contributed by atoms with Crippen molar-refractivity contribution in [2.75, 3.05) is 33.9 Å². The molecule has 2 fully saturated rings. The molecular weight excluding hydrogens is 449 g/mol. The Morgan fingerprint density at radius 1 is 1.11 bits per heavy atom. The lowest BCUT2D eigenvalue weighted by molar-refractivity contribution is 0.0450. The average molecular weight is 480 g/mol. The summed E-state index contributed by atoms with van der Waals surface area (Å²) in [7, 11) is 3.12. The number of aromatic nitrogens is 3. The predicted octanol–water partition coefficient (Wildman–Crippen LogP) is 3.17. The number of nitrogens with one attached hydrogen (secondary N) is 1. The minimum Gasteiger partial charge on any atom is -0.343 e. The van der Waals surface area contributed by atoms with Crippen molar-refractivity contribution in [1.82, 2.24) is 24.4 Å². The number of hydrogen-bond acceptors (Lipinski definition) is 4. The molecule has 0 spiro atoms. The molecule has 0 radical (unpaired) electrons. The molecule has 1 saturated heterocycles. The van der Waals surface area contributed by atoms with Crippen LogP contribution in [0.5, 0.6) is 0 Å². The Bertz CT molecular complexity index is 1320. The van der Waals surface area contributed by atoms with Gasteiger partial charge in [-0.3, -0.25) is 18.8 Å². The second-order valence-electron chi connectivity index (χ2n) is 9.99. The normalized spacial score (nSPS) is 16.6. The number of H-pyrrole nitrogens is 1. The van der Waals surface area contributed by atoms with Crippen LogP contribution >= 0.6 is 0 Å². The number of amides is 2. The number of hydrogen-bond donors (Lipinski definition) is 1. The molecule has 0 bridgehead atoms. The fourth-order valence-electron chi connectivity index (χ4n) is 5.12. The van der Waals surface area contributed by atoms with Crippen molar-refractivity contribution in [3.8, 4) is 11.3 Å². The highest BCUT2D eigenvalue weighted by atomic mass is 19.1. The zero-order valence-corrected chi connectivity index (χ0v) is 20.1. The fourth-order valence-corrected chi connectivity index (χ4v) is 5.12. The molecule has 1 N–H and O–H groups in total. The lowest BCUT2D eigenvalue weighted by Crippen LogP contribution is -2.51. The van der Waals surface area contributed by atoms with E-state index in [4.69, 9.17) is 0 Å². The highest BCUT2D eigenvalue weighted by Gasteiger charge is 2.36. The molecule has 184 valence electrons. The van der Waals surface area contributed by atoms with E-state index in [1.807, 2.05) is 12.1 Å². The number of halogens is 1. The Morgan fingerprint density at radius 2 is 1.80 bits per heavy atom. The lowest BCUT2D eigenvalue weighted by atomic mass is 9.97. The summed E-state index contributed by atoms with van der Waals surface area (Å²) in [6.45, 7) is 0.0447. The summed E-state index contributed by atoms with van der Waals surface area (Å²) in [5.74, 6) is -0.380. The summed E-state index contributed by atoms with van der Waals surface area (Å²) < 4.78 is 14.0. The molecule has 1 aliphatic heterocycles. The summed E-state index contributed by atoms with van der Waals surface area (Å²) in [5, 5.41) is 4.20. The van der Waals surface area contributed by atoms with Gasteiger partial charge in [-0.1, -0.05) is 49.9 Å². The van der Waals surface area contributed by atoms with Gasteiger partial charge >= 0.3 is 0 Å². The number of nitrogens with zero attached hydrogens (tertiary/aromatic N) is 4. The van der Waals surface area contributed by atoms with Crippen LogP contribution in [0.2, 0.25) is 0 Å². The number of likely N-dealkylation sites (tertiary alicyclic amines) is 1. The minimum atomic E-state index is -0.500. The average Bonchev–Trinajstić information content (AvgIpc) is 3.46. The van der Waals surface area contributed by atoms with E-state index in [2.05, 4.69) is 22.2 Å². The number of aromatic amines is 1. The number of alkyl halides is 1. The Labute approximate surface area is 202 Å². The molecule has 2 aromatic heterocycles. The van der Waals surface area contributed by atoms with Crippen molar-refractivity contribution in [2.24, 2.45) is 11.8 Å². The van der Waals surface area contributed by atoms with E-state index in [0.717, 1.165) is 22.4 Å². The third kappa shape index (κ3) is 4.35. The molecule has 35 heavy (non-hydrogen) atoms. The van der Waals surface area contributed by atoms with Gasteiger partial charge in [-0.05, 0) is 23.5 Å². The smallest absolute Gasteiger partial charge is 0.274 e. The maximum Gasteiger partial charge on any atom is 0.274 e. The predicted molar refractivity (Wildman–Crippen MR) is 130 cm³/mol. The van der Waals surface area contributed by atoms with Crippen molar-refractivity contribution in [1.29, 1.82) is 0 Å². The SMILES string of the molecule is CN(C)C(=O)c1nn2c(=O)cc(-c3ccc(CC4CCCC4)cc3)[nH]c2c1C(=O)N1CC(CF)C1. The van der Waals surface area contributed by atoms with Crippen LogP contribution in [0.25, 0.3) is 16.9 Å². The molecule has 2 amide bonds. The van der Waals surface area contributed by atoms with Crippen molar-refractivity contribution in [3.63, 3.8) is 0 Å². The van der Waals surface area contributed by atoms with Gasteiger partial charge in [-0.15, -0.1) is 0 Å². The van der Waals surface area contributed by atoms with Gasteiger partial charge in [0.25, 0.3) is 17.4 Å². The largest absolute Gasteiger partial charge is 0.343 e. The molecule has 1 saturated carbocycles. The molecule has 0 unspecified atom stereocenters. The summed E-state index contributed by atoms with van der Waals surface area (Å²) in [6, 6.07) is 9.52. The van der Waals surface area contributed by atoms with Crippen LogP contribution in [0.15, 0.2) is 35.1 Å².